The molecule has 0 aliphatic carbocycles. The molecule has 230 valence electrons. The Morgan fingerprint density at radius 1 is 1.12 bits per heavy atom. The maximum Gasteiger partial charge on any atom is 0.410 e. The van der Waals surface area contributed by atoms with Crippen LogP contribution in [0.15, 0.2) is 30.7 Å². The quantitative estimate of drug-likeness (QED) is 0.389. The molecule has 43 heavy (non-hydrogen) atoms. The molecule has 3 aromatic rings. The van der Waals surface area contributed by atoms with Crippen LogP contribution in [0.3, 0.4) is 0 Å². The lowest BCUT2D eigenvalue weighted by atomic mass is 9.97. The van der Waals surface area contributed by atoms with E-state index in [4.69, 9.17) is 4.74 Å². The molecule has 12 heteroatoms. The van der Waals surface area contributed by atoms with Crippen molar-refractivity contribution in [1.82, 2.24) is 30.2 Å². The lowest BCUT2D eigenvalue weighted by molar-refractivity contribution is 0.0290. The third-order valence-corrected chi connectivity index (χ3v) is 7.64. The number of piperidine rings is 1. The van der Waals surface area contributed by atoms with Crippen LogP contribution < -0.4 is 15.5 Å². The van der Waals surface area contributed by atoms with Crippen LogP contribution >= 0.6 is 0 Å². The van der Waals surface area contributed by atoms with Crippen LogP contribution in [0.1, 0.15) is 82.8 Å². The number of likely N-dealkylation sites (tertiary alicyclic amines) is 1. The molecule has 5 rings (SSSR count). The van der Waals surface area contributed by atoms with Gasteiger partial charge in [0.2, 0.25) is 5.95 Å². The minimum absolute atomic E-state index is 0.152. The zero-order valence-corrected chi connectivity index (χ0v) is 25.8. The number of halogens is 1. The summed E-state index contributed by atoms with van der Waals surface area (Å²) in [5, 5.41) is 7.78. The molecular formula is C31H41FN8O3. The van der Waals surface area contributed by atoms with Gasteiger partial charge in [-0.05, 0) is 76.0 Å². The maximum atomic E-state index is 14.6. The highest BCUT2D eigenvalue weighted by molar-refractivity contribution is 6.06. The van der Waals surface area contributed by atoms with Crippen molar-refractivity contribution in [3.8, 4) is 0 Å². The number of nitrogens with zero attached hydrogens (tertiary/aromatic N) is 6. The maximum absolute atomic E-state index is 14.6. The zero-order valence-electron chi connectivity index (χ0n) is 25.8. The number of carbonyl (C=O) groups is 2. The first-order valence-electron chi connectivity index (χ1n) is 14.9. The predicted octanol–water partition coefficient (Wildman–Crippen LogP) is 5.35. The van der Waals surface area contributed by atoms with Crippen molar-refractivity contribution in [3.63, 3.8) is 0 Å². The number of carbonyl (C=O) groups excluding carboxylic acids is 2. The highest BCUT2D eigenvalue weighted by atomic mass is 19.1. The highest BCUT2D eigenvalue weighted by Crippen LogP contribution is 2.30. The second-order valence-electron chi connectivity index (χ2n) is 13.0. The van der Waals surface area contributed by atoms with Crippen molar-refractivity contribution >= 4 is 40.4 Å². The molecule has 0 saturated carbocycles. The molecule has 1 unspecified atom stereocenters. The first-order valence-corrected chi connectivity index (χ1v) is 14.9. The Balaban J connectivity index is 1.34. The topological polar surface area (TPSA) is 125 Å². The van der Waals surface area contributed by atoms with Gasteiger partial charge in [-0.25, -0.2) is 19.2 Å². The van der Waals surface area contributed by atoms with Gasteiger partial charge in [-0.1, -0.05) is 13.8 Å². The Hall–Kier alpha value is -4.09. The largest absolute Gasteiger partial charge is 0.444 e. The van der Waals surface area contributed by atoms with Crippen LogP contribution in [0.5, 0.6) is 0 Å². The number of anilines is 3. The number of aromatic nitrogens is 4. The summed E-state index contributed by atoms with van der Waals surface area (Å²) in [7, 11) is 0. The number of alkyl halides is 1. The summed E-state index contributed by atoms with van der Waals surface area (Å²) in [4.78, 5) is 47.4. The van der Waals surface area contributed by atoms with Gasteiger partial charge in [0.05, 0.1) is 6.54 Å². The fraction of sp³-hybridized carbons (Fsp3) is 0.548. The molecule has 2 amide bonds. The van der Waals surface area contributed by atoms with E-state index in [9.17, 15) is 14.0 Å². The number of fused-ring (bicyclic) bond motifs is 1. The summed E-state index contributed by atoms with van der Waals surface area (Å²) in [5.41, 5.74) is -0.600. The van der Waals surface area contributed by atoms with Crippen LogP contribution in [0.25, 0.3) is 10.8 Å². The zero-order chi connectivity index (χ0) is 30.9. The summed E-state index contributed by atoms with van der Waals surface area (Å²) >= 11 is 0. The summed E-state index contributed by atoms with van der Waals surface area (Å²) in [6.07, 6.45) is 6.54. The number of amides is 2. The molecule has 2 fully saturated rings. The van der Waals surface area contributed by atoms with Gasteiger partial charge in [-0.15, -0.1) is 0 Å². The molecule has 11 nitrogen and oxygen atoms in total. The Bertz CT molecular complexity index is 1510. The van der Waals surface area contributed by atoms with Crippen molar-refractivity contribution in [1.29, 1.82) is 0 Å². The van der Waals surface area contributed by atoms with E-state index in [1.165, 1.54) is 0 Å². The fourth-order valence-corrected chi connectivity index (χ4v) is 5.56. The Labute approximate surface area is 251 Å². The normalized spacial score (nSPS) is 20.9. The number of hydrogen-bond acceptors (Lipinski definition) is 9. The average molecular weight is 593 g/mol. The van der Waals surface area contributed by atoms with Crippen molar-refractivity contribution < 1.29 is 18.7 Å². The van der Waals surface area contributed by atoms with E-state index in [0.29, 0.717) is 55.4 Å². The van der Waals surface area contributed by atoms with Gasteiger partial charge in [0, 0.05) is 49.7 Å². The Morgan fingerprint density at radius 2 is 1.91 bits per heavy atom. The van der Waals surface area contributed by atoms with E-state index in [0.717, 1.165) is 17.4 Å². The van der Waals surface area contributed by atoms with E-state index >= 15 is 0 Å². The van der Waals surface area contributed by atoms with Crippen molar-refractivity contribution in [2.75, 3.05) is 36.4 Å². The molecule has 0 aromatic carbocycles. The molecule has 5 heterocycles. The molecule has 2 saturated heterocycles. The summed E-state index contributed by atoms with van der Waals surface area (Å²) in [6.45, 7) is 13.1. The van der Waals surface area contributed by atoms with E-state index in [2.05, 4.69) is 44.4 Å². The average Bonchev–Trinajstić information content (AvgIpc) is 3.39. The number of hydrogen-bond donors (Lipinski definition) is 2. The van der Waals surface area contributed by atoms with Gasteiger partial charge in [0.25, 0.3) is 5.91 Å². The predicted molar refractivity (Wildman–Crippen MR) is 164 cm³/mol. The van der Waals surface area contributed by atoms with Gasteiger partial charge in [0.1, 0.15) is 28.6 Å². The van der Waals surface area contributed by atoms with Crippen LogP contribution in [0.4, 0.5) is 26.8 Å². The van der Waals surface area contributed by atoms with Gasteiger partial charge < -0.3 is 25.2 Å². The van der Waals surface area contributed by atoms with E-state index in [-0.39, 0.29) is 36.2 Å². The first-order chi connectivity index (χ1) is 20.3. The third-order valence-electron chi connectivity index (χ3n) is 7.64. The van der Waals surface area contributed by atoms with E-state index in [1.54, 1.807) is 36.5 Å². The summed E-state index contributed by atoms with van der Waals surface area (Å²) < 4.78 is 20.1. The second-order valence-corrected chi connectivity index (χ2v) is 13.0. The summed E-state index contributed by atoms with van der Waals surface area (Å²) in [5.74, 6) is 1.39. The molecule has 0 bridgehead atoms. The highest BCUT2D eigenvalue weighted by Gasteiger charge is 2.33. The van der Waals surface area contributed by atoms with Gasteiger partial charge in [-0.3, -0.25) is 9.78 Å². The molecule has 2 aliphatic heterocycles. The first kappa shape index (κ1) is 30.4. The lowest BCUT2D eigenvalue weighted by Gasteiger charge is -2.35. The standard InChI is InChI=1S/C31H41FN8O3/c1-19(2)22-15-35-26(27(41)36-20-9-13-39(17-20)29(42)43-30(3,4)5)23-16-34-25(14-21(22)23)37-24-8-11-33-28(38-24)40-12-7-10-31(6,32)18-40/h8,11,14-16,19-20H,7,9-10,12-13,17-18H2,1-6H3,(H,36,41)(H,33,34,37,38)/t20?,31-/m1/s1. The van der Waals surface area contributed by atoms with Crippen molar-refractivity contribution in [2.24, 2.45) is 0 Å². The third kappa shape index (κ3) is 7.29. The smallest absolute Gasteiger partial charge is 0.410 e. The fourth-order valence-electron chi connectivity index (χ4n) is 5.56. The number of nitrogens with one attached hydrogen (secondary N) is 2. The van der Waals surface area contributed by atoms with Crippen LogP contribution in [-0.2, 0) is 4.74 Å². The van der Waals surface area contributed by atoms with Gasteiger partial charge in [-0.2, -0.15) is 4.98 Å². The molecule has 2 N–H and O–H groups in total. The van der Waals surface area contributed by atoms with E-state index in [1.807, 2.05) is 31.7 Å². The van der Waals surface area contributed by atoms with Gasteiger partial charge in [0.15, 0.2) is 0 Å². The lowest BCUT2D eigenvalue weighted by Crippen LogP contribution is -2.44. The summed E-state index contributed by atoms with van der Waals surface area (Å²) in [6, 6.07) is 3.42. The molecular weight excluding hydrogens is 551 g/mol. The van der Waals surface area contributed by atoms with E-state index < -0.39 is 11.3 Å². The van der Waals surface area contributed by atoms with Crippen LogP contribution in [-0.4, -0.2) is 80.3 Å². The monoisotopic (exact) mass is 592 g/mol. The van der Waals surface area contributed by atoms with Gasteiger partial charge >= 0.3 is 6.09 Å². The minimum Gasteiger partial charge on any atom is -0.444 e. The Morgan fingerprint density at radius 3 is 2.63 bits per heavy atom. The van der Waals surface area contributed by atoms with Crippen LogP contribution in [0, 0.1) is 0 Å². The SMILES string of the molecule is CC(C)c1cnc(C(=O)NC2CCN(C(=O)OC(C)(C)C)C2)c2cnc(Nc3ccnc(N4CCC[C@@](C)(F)C4)n3)cc12. The molecule has 0 spiro atoms. The van der Waals surface area contributed by atoms with Crippen molar-refractivity contribution in [3.05, 3.63) is 42.0 Å². The number of ether oxygens (including phenoxy) is 1. The molecule has 0 radical (unpaired) electrons. The minimum atomic E-state index is -1.27. The molecule has 2 aliphatic rings. The molecule has 3 aromatic heterocycles. The van der Waals surface area contributed by atoms with Crippen molar-refractivity contribution in [2.45, 2.75) is 84.0 Å². The Kier molecular flexibility index (Phi) is 8.40. The number of rotatable bonds is 6. The molecule has 2 atom stereocenters. The second kappa shape index (κ2) is 11.9. The van der Waals surface area contributed by atoms with Crippen LogP contribution in [0.2, 0.25) is 0 Å². The number of pyridine rings is 2.